The number of hydrogen-bond donors (Lipinski definition) is 2. The maximum atomic E-state index is 11.0. The summed E-state index contributed by atoms with van der Waals surface area (Å²) in [6.45, 7) is 3.35. The lowest BCUT2D eigenvalue weighted by Crippen LogP contribution is -2.41. The third-order valence-electron chi connectivity index (χ3n) is 2.74. The number of guanidine groups is 1. The highest BCUT2D eigenvalue weighted by atomic mass is 127. The fourth-order valence-electron chi connectivity index (χ4n) is 1.69. The minimum absolute atomic E-state index is 0. The molecule has 0 bridgehead atoms. The van der Waals surface area contributed by atoms with Crippen LogP contribution in [0.25, 0.3) is 0 Å². The van der Waals surface area contributed by atoms with E-state index in [0.29, 0.717) is 18.4 Å². The van der Waals surface area contributed by atoms with Crippen LogP contribution in [-0.4, -0.2) is 46.5 Å². The van der Waals surface area contributed by atoms with Crippen LogP contribution in [0.4, 0.5) is 0 Å². The summed E-state index contributed by atoms with van der Waals surface area (Å²) < 4.78 is 22.1. The average molecular weight is 445 g/mol. The first kappa shape index (κ1) is 20.6. The molecular weight excluding hydrogens is 421 g/mol. The molecule has 1 aromatic heterocycles. The van der Waals surface area contributed by atoms with Gasteiger partial charge >= 0.3 is 0 Å². The Hall–Kier alpha value is -0.350. The molecule has 1 aromatic rings. The van der Waals surface area contributed by atoms with Gasteiger partial charge in [0, 0.05) is 31.3 Å². The van der Waals surface area contributed by atoms with Crippen molar-refractivity contribution in [1.82, 2.24) is 10.6 Å². The van der Waals surface area contributed by atoms with Gasteiger partial charge < -0.3 is 10.6 Å². The maximum Gasteiger partial charge on any atom is 0.191 e. The Labute approximate surface area is 148 Å². The second kappa shape index (κ2) is 10.4. The third-order valence-corrected chi connectivity index (χ3v) is 4.58. The molecule has 21 heavy (non-hydrogen) atoms. The quantitative estimate of drug-likeness (QED) is 0.381. The number of nitrogens with zero attached hydrogens (tertiary/aromatic N) is 1. The minimum atomic E-state index is -2.94. The topological polar surface area (TPSA) is 70.6 Å². The predicted molar refractivity (Wildman–Crippen MR) is 102 cm³/mol. The Morgan fingerprint density at radius 3 is 2.67 bits per heavy atom. The van der Waals surface area contributed by atoms with Crippen molar-refractivity contribution in [2.45, 2.75) is 13.3 Å². The van der Waals surface area contributed by atoms with Crippen LogP contribution in [0.5, 0.6) is 0 Å². The Bertz CT molecular complexity index is 516. The molecular formula is C13H24IN3O2S2. The smallest absolute Gasteiger partial charge is 0.191 e. The first-order chi connectivity index (χ1) is 9.40. The molecule has 2 N–H and O–H groups in total. The summed E-state index contributed by atoms with van der Waals surface area (Å²) >= 11 is 1.77. The molecule has 0 aliphatic heterocycles. The Morgan fingerprint density at radius 1 is 1.43 bits per heavy atom. The van der Waals surface area contributed by atoms with Gasteiger partial charge in [-0.25, -0.2) is 8.42 Å². The van der Waals surface area contributed by atoms with Crippen LogP contribution in [0.3, 0.4) is 0 Å². The van der Waals surface area contributed by atoms with Gasteiger partial charge in [-0.3, -0.25) is 4.99 Å². The summed E-state index contributed by atoms with van der Waals surface area (Å²) in [4.78, 5) is 5.45. The monoisotopic (exact) mass is 445 g/mol. The highest BCUT2D eigenvalue weighted by Gasteiger charge is 2.07. The van der Waals surface area contributed by atoms with Gasteiger partial charge in [-0.2, -0.15) is 0 Å². The first-order valence-corrected chi connectivity index (χ1v) is 9.49. The van der Waals surface area contributed by atoms with Crippen LogP contribution in [0.1, 0.15) is 11.8 Å². The largest absolute Gasteiger partial charge is 0.356 e. The van der Waals surface area contributed by atoms with E-state index < -0.39 is 9.84 Å². The highest BCUT2D eigenvalue weighted by molar-refractivity contribution is 14.0. The Kier molecular flexibility index (Phi) is 10.2. The number of thiophene rings is 1. The molecule has 1 heterocycles. The van der Waals surface area contributed by atoms with E-state index in [1.165, 1.54) is 11.1 Å². The summed E-state index contributed by atoms with van der Waals surface area (Å²) in [5.74, 6) is 1.24. The Morgan fingerprint density at radius 2 is 2.14 bits per heavy atom. The summed E-state index contributed by atoms with van der Waals surface area (Å²) in [7, 11) is -1.26. The van der Waals surface area contributed by atoms with Gasteiger partial charge in [-0.15, -0.1) is 35.3 Å². The number of aliphatic imine (C=N–C) groups is 1. The van der Waals surface area contributed by atoms with Gasteiger partial charge in [0.15, 0.2) is 5.96 Å². The zero-order valence-electron chi connectivity index (χ0n) is 12.6. The number of sulfone groups is 1. The first-order valence-electron chi connectivity index (χ1n) is 6.55. The van der Waals surface area contributed by atoms with Gasteiger partial charge in [-0.05, 0) is 23.8 Å². The molecule has 1 rings (SSSR count). The minimum Gasteiger partial charge on any atom is -0.356 e. The molecule has 0 fully saturated rings. The molecule has 5 nitrogen and oxygen atoms in total. The van der Waals surface area contributed by atoms with Crippen LogP contribution in [0.15, 0.2) is 22.5 Å². The number of nitrogens with one attached hydrogen (secondary N) is 2. The van der Waals surface area contributed by atoms with Crippen molar-refractivity contribution >= 4 is 51.1 Å². The molecule has 0 amide bonds. The lowest BCUT2D eigenvalue weighted by Gasteiger charge is -2.15. The molecule has 1 atom stereocenters. The summed E-state index contributed by atoms with van der Waals surface area (Å²) in [6, 6.07) is 4.20. The van der Waals surface area contributed by atoms with E-state index in [2.05, 4.69) is 40.1 Å². The molecule has 0 radical (unpaired) electrons. The van der Waals surface area contributed by atoms with E-state index in [9.17, 15) is 8.42 Å². The molecule has 1 unspecified atom stereocenters. The number of rotatable bonds is 7. The summed E-state index contributed by atoms with van der Waals surface area (Å²) in [6.07, 6.45) is 2.26. The van der Waals surface area contributed by atoms with Crippen molar-refractivity contribution < 1.29 is 8.42 Å². The second-order valence-corrected chi connectivity index (χ2v) is 8.19. The van der Waals surface area contributed by atoms with E-state index >= 15 is 0 Å². The van der Waals surface area contributed by atoms with Crippen LogP contribution >= 0.6 is 35.3 Å². The Balaban J connectivity index is 0.00000400. The van der Waals surface area contributed by atoms with Crippen LogP contribution in [-0.2, 0) is 16.3 Å². The van der Waals surface area contributed by atoms with Crippen LogP contribution in [0, 0.1) is 5.92 Å². The SMILES string of the molecule is CN=C(NCCS(C)(=O)=O)NCC(C)Cc1cccs1.I. The van der Waals surface area contributed by atoms with E-state index in [4.69, 9.17) is 0 Å². The maximum absolute atomic E-state index is 11.0. The van der Waals surface area contributed by atoms with Crippen molar-refractivity contribution in [2.24, 2.45) is 10.9 Å². The molecule has 0 aliphatic rings. The van der Waals surface area contributed by atoms with Gasteiger partial charge in [0.05, 0.1) is 5.75 Å². The lowest BCUT2D eigenvalue weighted by atomic mass is 10.1. The fourth-order valence-corrected chi connectivity index (χ4v) is 3.03. The van der Waals surface area contributed by atoms with Gasteiger partial charge in [0.25, 0.3) is 0 Å². The van der Waals surface area contributed by atoms with Crippen LogP contribution in [0.2, 0.25) is 0 Å². The normalized spacial score (nSPS) is 13.4. The standard InChI is InChI=1S/C13H23N3O2S2.HI/c1-11(9-12-5-4-7-19-12)10-16-13(14-2)15-6-8-20(3,17)18;/h4-5,7,11H,6,8-10H2,1-3H3,(H2,14,15,16);1H. The zero-order valence-corrected chi connectivity index (χ0v) is 16.6. The number of halogens is 1. The van der Waals surface area contributed by atoms with Crippen molar-refractivity contribution in [3.63, 3.8) is 0 Å². The summed E-state index contributed by atoms with van der Waals surface area (Å²) in [5, 5.41) is 8.30. The molecule has 0 aromatic carbocycles. The molecule has 0 saturated carbocycles. The second-order valence-electron chi connectivity index (χ2n) is 4.90. The molecule has 0 saturated heterocycles. The van der Waals surface area contributed by atoms with Crippen molar-refractivity contribution in [2.75, 3.05) is 32.1 Å². The lowest BCUT2D eigenvalue weighted by molar-refractivity contribution is 0.562. The van der Waals surface area contributed by atoms with E-state index in [1.54, 1.807) is 18.4 Å². The van der Waals surface area contributed by atoms with E-state index in [-0.39, 0.29) is 29.7 Å². The van der Waals surface area contributed by atoms with Crippen LogP contribution < -0.4 is 10.6 Å². The van der Waals surface area contributed by atoms with Crippen molar-refractivity contribution in [1.29, 1.82) is 0 Å². The molecule has 0 spiro atoms. The number of hydrogen-bond acceptors (Lipinski definition) is 4. The average Bonchev–Trinajstić information content (AvgIpc) is 2.84. The zero-order chi connectivity index (χ0) is 15.0. The summed E-state index contributed by atoms with van der Waals surface area (Å²) in [5.41, 5.74) is 0. The molecule has 0 aliphatic carbocycles. The third kappa shape index (κ3) is 10.1. The van der Waals surface area contributed by atoms with Crippen molar-refractivity contribution in [3.05, 3.63) is 22.4 Å². The van der Waals surface area contributed by atoms with Gasteiger partial charge in [0.2, 0.25) is 0 Å². The molecule has 8 heteroatoms. The molecule has 122 valence electrons. The van der Waals surface area contributed by atoms with E-state index in [1.807, 2.05) is 0 Å². The highest BCUT2D eigenvalue weighted by Crippen LogP contribution is 2.13. The predicted octanol–water partition coefficient (Wildman–Crippen LogP) is 1.75. The van der Waals surface area contributed by atoms with Gasteiger partial charge in [-0.1, -0.05) is 13.0 Å². The fraction of sp³-hybridized carbons (Fsp3) is 0.615. The van der Waals surface area contributed by atoms with Gasteiger partial charge in [0.1, 0.15) is 9.84 Å². The van der Waals surface area contributed by atoms with E-state index in [0.717, 1.165) is 13.0 Å². The van der Waals surface area contributed by atoms with Crippen molar-refractivity contribution in [3.8, 4) is 0 Å².